The number of halogens is 3. The lowest BCUT2D eigenvalue weighted by Crippen LogP contribution is -2.43. The summed E-state index contributed by atoms with van der Waals surface area (Å²) in [5, 5.41) is 11.6. The van der Waals surface area contributed by atoms with Gasteiger partial charge in [-0.3, -0.25) is 9.36 Å². The van der Waals surface area contributed by atoms with Gasteiger partial charge in [0.2, 0.25) is 0 Å². The van der Waals surface area contributed by atoms with E-state index in [4.69, 9.17) is 0 Å². The first kappa shape index (κ1) is 27.2. The maximum absolute atomic E-state index is 14.3. The molecule has 1 saturated carbocycles. The number of benzene rings is 1. The maximum atomic E-state index is 14.3. The molecule has 5 rings (SSSR count). The van der Waals surface area contributed by atoms with Crippen LogP contribution in [0.15, 0.2) is 47.7 Å². The van der Waals surface area contributed by atoms with Crippen LogP contribution in [0, 0.1) is 11.3 Å². The Morgan fingerprint density at radius 1 is 1.21 bits per heavy atom. The Morgan fingerprint density at radius 3 is 2.51 bits per heavy atom. The monoisotopic (exact) mass is 540 g/mol. The van der Waals surface area contributed by atoms with Crippen molar-refractivity contribution in [3.63, 3.8) is 0 Å². The number of pyridine rings is 1. The highest BCUT2D eigenvalue weighted by Gasteiger charge is 2.48. The van der Waals surface area contributed by atoms with Gasteiger partial charge in [0.25, 0.3) is 5.56 Å². The highest BCUT2D eigenvalue weighted by atomic mass is 19.4. The molecule has 10 heteroatoms. The Hall–Kier alpha value is -3.40. The summed E-state index contributed by atoms with van der Waals surface area (Å²) in [7, 11) is 1.89. The van der Waals surface area contributed by atoms with Crippen LogP contribution in [0.2, 0.25) is 0 Å². The van der Waals surface area contributed by atoms with Crippen LogP contribution in [0.1, 0.15) is 70.1 Å². The predicted octanol–water partition coefficient (Wildman–Crippen LogP) is 5.71. The van der Waals surface area contributed by atoms with Crippen LogP contribution in [-0.4, -0.2) is 30.4 Å². The SMILES string of the molecule is CC1CC(c2cccc(-n3cc(C(F)(F)F)c4cc(CN[C@@H](C)C(C)(C)C)[nH]c4c3=O)c2)(c2nncn2C)C1. The second-order valence-corrected chi connectivity index (χ2v) is 12.2. The minimum Gasteiger partial charge on any atom is -0.353 e. The number of nitrogens with zero attached hydrogens (tertiary/aromatic N) is 4. The third-order valence-electron chi connectivity index (χ3n) is 8.27. The Kier molecular flexibility index (Phi) is 6.52. The molecule has 3 aromatic heterocycles. The van der Waals surface area contributed by atoms with Crippen molar-refractivity contribution >= 4 is 10.9 Å². The van der Waals surface area contributed by atoms with Gasteiger partial charge in [-0.05, 0) is 54.9 Å². The van der Waals surface area contributed by atoms with Crippen LogP contribution < -0.4 is 10.9 Å². The van der Waals surface area contributed by atoms with Crippen LogP contribution >= 0.6 is 0 Å². The van der Waals surface area contributed by atoms with Crippen molar-refractivity contribution in [1.29, 1.82) is 0 Å². The number of H-pyrrole nitrogens is 1. The summed E-state index contributed by atoms with van der Waals surface area (Å²) in [4.78, 5) is 16.6. The van der Waals surface area contributed by atoms with Gasteiger partial charge in [-0.25, -0.2) is 0 Å². The number of nitrogens with one attached hydrogen (secondary N) is 2. The van der Waals surface area contributed by atoms with Gasteiger partial charge in [0.05, 0.1) is 11.0 Å². The summed E-state index contributed by atoms with van der Waals surface area (Å²) in [6.45, 7) is 10.8. The van der Waals surface area contributed by atoms with Crippen molar-refractivity contribution in [3.05, 3.63) is 75.9 Å². The van der Waals surface area contributed by atoms with Crippen LogP contribution in [0.5, 0.6) is 0 Å². The lowest BCUT2D eigenvalue weighted by atomic mass is 9.58. The van der Waals surface area contributed by atoms with Crippen LogP contribution in [-0.2, 0) is 25.2 Å². The lowest BCUT2D eigenvalue weighted by molar-refractivity contribution is -0.136. The molecule has 7 nitrogen and oxygen atoms in total. The summed E-state index contributed by atoms with van der Waals surface area (Å²) in [6, 6.07) is 8.76. The third-order valence-corrected chi connectivity index (χ3v) is 8.27. The zero-order valence-corrected chi connectivity index (χ0v) is 23.1. The molecule has 4 aromatic rings. The first-order valence-corrected chi connectivity index (χ1v) is 13.2. The second kappa shape index (κ2) is 9.36. The Morgan fingerprint density at radius 2 is 1.92 bits per heavy atom. The van der Waals surface area contributed by atoms with E-state index in [9.17, 15) is 18.0 Å². The molecule has 0 saturated heterocycles. The molecular weight excluding hydrogens is 505 g/mol. The zero-order valence-electron chi connectivity index (χ0n) is 23.1. The fourth-order valence-corrected chi connectivity index (χ4v) is 5.70. The molecule has 0 spiro atoms. The molecular formula is C29H35F3N6O. The molecule has 1 aliphatic rings. The number of hydrogen-bond acceptors (Lipinski definition) is 4. The molecule has 2 N–H and O–H groups in total. The number of rotatable bonds is 6. The van der Waals surface area contributed by atoms with E-state index in [1.807, 2.05) is 30.7 Å². The number of alkyl halides is 3. The Bertz CT molecular complexity index is 1570. The third kappa shape index (κ3) is 4.79. The summed E-state index contributed by atoms with van der Waals surface area (Å²) < 4.78 is 45.8. The van der Waals surface area contributed by atoms with Crippen LogP contribution in [0.3, 0.4) is 0 Å². The predicted molar refractivity (Wildman–Crippen MR) is 145 cm³/mol. The number of aryl methyl sites for hydroxylation is 1. The standard InChI is InChI=1S/C29H35F3N6O/c1-17-12-28(13-17,26-36-34-16-37(26)6)19-8-7-9-21(10-19)38-15-23(29(30,31)32)22-11-20(35-24(22)25(38)39)14-33-18(2)27(3,4)5/h7-11,15-18,33,35H,12-14H2,1-6H3/t17?,18-,28?/m0/s1. The normalized spacial score (nSPS) is 20.8. The van der Waals surface area contributed by atoms with E-state index >= 15 is 0 Å². The number of aromatic amines is 1. The zero-order chi connectivity index (χ0) is 28.3. The second-order valence-electron chi connectivity index (χ2n) is 12.2. The fourth-order valence-electron chi connectivity index (χ4n) is 5.70. The van der Waals surface area contributed by atoms with Gasteiger partial charge in [0.15, 0.2) is 0 Å². The Balaban J connectivity index is 1.61. The number of fused-ring (bicyclic) bond motifs is 1. The van der Waals surface area contributed by atoms with Crippen molar-refractivity contribution in [2.75, 3.05) is 0 Å². The molecule has 3 heterocycles. The molecule has 0 unspecified atom stereocenters. The average molecular weight is 541 g/mol. The maximum Gasteiger partial charge on any atom is 0.418 e. The summed E-state index contributed by atoms with van der Waals surface area (Å²) in [5.41, 5.74) is -0.0637. The van der Waals surface area contributed by atoms with E-state index < -0.39 is 22.7 Å². The molecule has 1 aromatic carbocycles. The van der Waals surface area contributed by atoms with Crippen molar-refractivity contribution in [3.8, 4) is 5.69 Å². The summed E-state index contributed by atoms with van der Waals surface area (Å²) in [5.74, 6) is 1.27. The Labute approximate surface area is 225 Å². The lowest BCUT2D eigenvalue weighted by Gasteiger charge is -2.46. The first-order chi connectivity index (χ1) is 18.2. The molecule has 1 fully saturated rings. The van der Waals surface area contributed by atoms with Gasteiger partial charge < -0.3 is 14.9 Å². The van der Waals surface area contributed by atoms with Gasteiger partial charge >= 0.3 is 6.18 Å². The van der Waals surface area contributed by atoms with E-state index in [-0.39, 0.29) is 22.4 Å². The van der Waals surface area contributed by atoms with Gasteiger partial charge in [-0.15, -0.1) is 10.2 Å². The number of aromatic nitrogens is 5. The highest BCUT2D eigenvalue weighted by molar-refractivity contribution is 5.84. The molecule has 39 heavy (non-hydrogen) atoms. The minimum absolute atomic E-state index is 0.0263. The van der Waals surface area contributed by atoms with Crippen molar-refractivity contribution < 1.29 is 13.2 Å². The van der Waals surface area contributed by atoms with E-state index in [1.165, 1.54) is 6.07 Å². The molecule has 0 amide bonds. The molecule has 0 bridgehead atoms. The summed E-state index contributed by atoms with van der Waals surface area (Å²) in [6.07, 6.45) is -0.390. The van der Waals surface area contributed by atoms with Crippen LogP contribution in [0.4, 0.5) is 13.2 Å². The number of hydrogen-bond donors (Lipinski definition) is 2. The molecule has 0 aliphatic heterocycles. The first-order valence-electron chi connectivity index (χ1n) is 13.2. The molecule has 0 radical (unpaired) electrons. The van der Waals surface area contributed by atoms with Crippen LogP contribution in [0.25, 0.3) is 16.6 Å². The largest absolute Gasteiger partial charge is 0.418 e. The summed E-state index contributed by atoms with van der Waals surface area (Å²) >= 11 is 0. The average Bonchev–Trinajstić information content (AvgIpc) is 3.46. The van der Waals surface area contributed by atoms with Crippen molar-refractivity contribution in [2.45, 2.75) is 71.6 Å². The van der Waals surface area contributed by atoms with Crippen molar-refractivity contribution in [1.82, 2.24) is 29.6 Å². The highest BCUT2D eigenvalue weighted by Crippen LogP contribution is 2.51. The topological polar surface area (TPSA) is 80.5 Å². The smallest absolute Gasteiger partial charge is 0.353 e. The molecule has 1 atom stereocenters. The molecule has 1 aliphatic carbocycles. The van der Waals surface area contributed by atoms with E-state index in [2.05, 4.69) is 48.2 Å². The fraction of sp³-hybridized carbons (Fsp3) is 0.483. The van der Waals surface area contributed by atoms with Gasteiger partial charge in [0, 0.05) is 42.6 Å². The van der Waals surface area contributed by atoms with E-state index in [0.29, 0.717) is 23.8 Å². The van der Waals surface area contributed by atoms with Gasteiger partial charge in [-0.2, -0.15) is 13.2 Å². The van der Waals surface area contributed by atoms with E-state index in [1.54, 1.807) is 18.5 Å². The molecule has 208 valence electrons. The van der Waals surface area contributed by atoms with Crippen molar-refractivity contribution in [2.24, 2.45) is 18.4 Å². The quantitative estimate of drug-likeness (QED) is 0.329. The minimum atomic E-state index is -4.64. The van der Waals surface area contributed by atoms with E-state index in [0.717, 1.165) is 35.0 Å². The van der Waals surface area contributed by atoms with Gasteiger partial charge in [0.1, 0.15) is 17.7 Å². The van der Waals surface area contributed by atoms with Gasteiger partial charge in [-0.1, -0.05) is 39.8 Å².